The zero-order valence-electron chi connectivity index (χ0n) is 11.1. The van der Waals surface area contributed by atoms with E-state index in [1.807, 2.05) is 6.07 Å². The highest BCUT2D eigenvalue weighted by Crippen LogP contribution is 2.14. The van der Waals surface area contributed by atoms with Gasteiger partial charge in [-0.1, -0.05) is 56.3 Å². The second kappa shape index (κ2) is 7.21. The summed E-state index contributed by atoms with van der Waals surface area (Å²) in [4.78, 5) is 10.3. The number of para-hydroxylation sites is 1. The molecule has 0 fully saturated rings. The fraction of sp³-hybridized carbons (Fsp3) is 0.188. The van der Waals surface area contributed by atoms with E-state index in [1.165, 1.54) is 17.7 Å². The molecule has 0 spiro atoms. The summed E-state index contributed by atoms with van der Waals surface area (Å²) in [5, 5.41) is 17.3. The van der Waals surface area contributed by atoms with E-state index in [0.717, 1.165) is 0 Å². The summed E-state index contributed by atoms with van der Waals surface area (Å²) in [7, 11) is 0. The van der Waals surface area contributed by atoms with Crippen LogP contribution in [0.4, 0.5) is 0 Å². The maximum absolute atomic E-state index is 10.3. The molecule has 0 aliphatic rings. The van der Waals surface area contributed by atoms with Gasteiger partial charge in [-0.2, -0.15) is 0 Å². The molecule has 0 bridgehead atoms. The quantitative estimate of drug-likeness (QED) is 0.858. The minimum Gasteiger partial charge on any atom is -0.507 e. The molecular weight excluding hydrogens is 240 g/mol. The van der Waals surface area contributed by atoms with E-state index in [2.05, 4.69) is 38.1 Å². The summed E-state index contributed by atoms with van der Waals surface area (Å²) >= 11 is 0. The molecule has 0 aliphatic heterocycles. The Kier molecular flexibility index (Phi) is 5.61. The van der Waals surface area contributed by atoms with E-state index in [1.54, 1.807) is 12.1 Å². The van der Waals surface area contributed by atoms with Crippen molar-refractivity contribution in [1.82, 2.24) is 0 Å². The van der Waals surface area contributed by atoms with Crippen LogP contribution in [0.5, 0.6) is 5.75 Å². The van der Waals surface area contributed by atoms with Crippen LogP contribution in [0, 0.1) is 0 Å². The van der Waals surface area contributed by atoms with Gasteiger partial charge in [0.25, 0.3) is 0 Å². The molecule has 0 saturated heterocycles. The monoisotopic (exact) mass is 258 g/mol. The Bertz CT molecular complexity index is 519. The lowest BCUT2D eigenvalue weighted by Gasteiger charge is -2.01. The number of rotatable bonds is 2. The summed E-state index contributed by atoms with van der Waals surface area (Å²) in [6, 6.07) is 16.3. The molecule has 0 saturated carbocycles. The van der Waals surface area contributed by atoms with Gasteiger partial charge in [0.2, 0.25) is 0 Å². The van der Waals surface area contributed by atoms with Gasteiger partial charge in [0.15, 0.2) is 0 Å². The molecule has 19 heavy (non-hydrogen) atoms. The predicted molar refractivity (Wildman–Crippen MR) is 75.6 cm³/mol. The van der Waals surface area contributed by atoms with E-state index in [4.69, 9.17) is 10.2 Å². The number of aromatic carboxylic acids is 1. The van der Waals surface area contributed by atoms with E-state index in [9.17, 15) is 4.79 Å². The Balaban J connectivity index is 0.000000191. The topological polar surface area (TPSA) is 57.5 Å². The van der Waals surface area contributed by atoms with Gasteiger partial charge in [-0.05, 0) is 23.6 Å². The van der Waals surface area contributed by atoms with Gasteiger partial charge >= 0.3 is 5.97 Å². The summed E-state index contributed by atoms with van der Waals surface area (Å²) in [6.45, 7) is 4.41. The first-order valence-corrected chi connectivity index (χ1v) is 6.08. The van der Waals surface area contributed by atoms with Gasteiger partial charge in [0.1, 0.15) is 11.3 Å². The molecule has 2 rings (SSSR count). The molecule has 3 heteroatoms. The van der Waals surface area contributed by atoms with Crippen LogP contribution >= 0.6 is 0 Å². The second-order valence-electron chi connectivity index (χ2n) is 4.39. The van der Waals surface area contributed by atoms with Crippen molar-refractivity contribution >= 4 is 5.97 Å². The molecule has 0 aliphatic carbocycles. The third-order valence-corrected chi connectivity index (χ3v) is 2.60. The molecule has 0 aromatic heterocycles. The molecule has 2 aromatic carbocycles. The molecule has 0 radical (unpaired) electrons. The zero-order valence-corrected chi connectivity index (χ0v) is 11.1. The van der Waals surface area contributed by atoms with Gasteiger partial charge < -0.3 is 10.2 Å². The number of hydrogen-bond donors (Lipinski definition) is 2. The number of carboxylic acid groups (broad SMARTS) is 1. The third kappa shape index (κ3) is 4.84. The fourth-order valence-electron chi connectivity index (χ4n) is 1.49. The zero-order chi connectivity index (χ0) is 14.3. The van der Waals surface area contributed by atoms with Crippen LogP contribution < -0.4 is 0 Å². The highest BCUT2D eigenvalue weighted by Gasteiger charge is 2.05. The predicted octanol–water partition coefficient (Wildman–Crippen LogP) is 3.90. The van der Waals surface area contributed by atoms with Crippen molar-refractivity contribution in [2.24, 2.45) is 0 Å². The van der Waals surface area contributed by atoms with Gasteiger partial charge in [0, 0.05) is 0 Å². The molecule has 0 atom stereocenters. The van der Waals surface area contributed by atoms with E-state index < -0.39 is 5.97 Å². The standard InChI is InChI=1S/C9H12.C7H6O3/c1-8(2)9-6-4-3-5-7-9;8-6-4-2-1-3-5(6)7(9)10/h3-8H,1-2H3;1-4,8H,(H,9,10). The number of phenols is 1. The van der Waals surface area contributed by atoms with Crippen LogP contribution in [0.1, 0.15) is 35.7 Å². The molecule has 3 nitrogen and oxygen atoms in total. The van der Waals surface area contributed by atoms with Crippen molar-refractivity contribution in [2.45, 2.75) is 19.8 Å². The Labute approximate surface area is 113 Å². The Morgan fingerprint density at radius 2 is 1.47 bits per heavy atom. The van der Waals surface area contributed by atoms with Crippen molar-refractivity contribution < 1.29 is 15.0 Å². The van der Waals surface area contributed by atoms with Crippen molar-refractivity contribution in [3.63, 3.8) is 0 Å². The summed E-state index contributed by atoms with van der Waals surface area (Å²) < 4.78 is 0. The van der Waals surface area contributed by atoms with Gasteiger partial charge in [-0.25, -0.2) is 4.79 Å². The first-order valence-electron chi connectivity index (χ1n) is 6.08. The molecule has 0 heterocycles. The third-order valence-electron chi connectivity index (χ3n) is 2.60. The number of carboxylic acids is 1. The number of aromatic hydroxyl groups is 1. The highest BCUT2D eigenvalue weighted by molar-refractivity contribution is 5.90. The summed E-state index contributed by atoms with van der Waals surface area (Å²) in [5.74, 6) is -0.653. The lowest BCUT2D eigenvalue weighted by molar-refractivity contribution is 0.0694. The van der Waals surface area contributed by atoms with Crippen LogP contribution in [0.15, 0.2) is 54.6 Å². The first-order chi connectivity index (χ1) is 9.02. The molecule has 0 unspecified atom stereocenters. The molecule has 2 N–H and O–H groups in total. The van der Waals surface area contributed by atoms with Crippen LogP contribution in [-0.4, -0.2) is 16.2 Å². The lowest BCUT2D eigenvalue weighted by atomic mass is 10.0. The van der Waals surface area contributed by atoms with Crippen molar-refractivity contribution in [3.8, 4) is 5.75 Å². The normalized spacial score (nSPS) is 9.63. The summed E-state index contributed by atoms with van der Waals surface area (Å²) in [5.41, 5.74) is 1.35. The van der Waals surface area contributed by atoms with Crippen LogP contribution in [0.2, 0.25) is 0 Å². The molecule has 100 valence electrons. The van der Waals surface area contributed by atoms with Crippen molar-refractivity contribution in [1.29, 1.82) is 0 Å². The van der Waals surface area contributed by atoms with Gasteiger partial charge in [-0.15, -0.1) is 0 Å². The smallest absolute Gasteiger partial charge is 0.339 e. The largest absolute Gasteiger partial charge is 0.507 e. The Hall–Kier alpha value is -2.29. The highest BCUT2D eigenvalue weighted by atomic mass is 16.4. The van der Waals surface area contributed by atoms with Crippen LogP contribution in [0.25, 0.3) is 0 Å². The molecular formula is C16H18O3. The minimum atomic E-state index is -1.11. The lowest BCUT2D eigenvalue weighted by Crippen LogP contribution is -1.95. The van der Waals surface area contributed by atoms with Crippen molar-refractivity contribution in [3.05, 3.63) is 65.7 Å². The van der Waals surface area contributed by atoms with Gasteiger partial charge in [0.05, 0.1) is 0 Å². The van der Waals surface area contributed by atoms with E-state index in [0.29, 0.717) is 5.92 Å². The summed E-state index contributed by atoms with van der Waals surface area (Å²) in [6.07, 6.45) is 0. The Morgan fingerprint density at radius 1 is 0.947 bits per heavy atom. The fourth-order valence-corrected chi connectivity index (χ4v) is 1.49. The number of carbonyl (C=O) groups is 1. The average Bonchev–Trinajstić information content (AvgIpc) is 2.40. The van der Waals surface area contributed by atoms with E-state index >= 15 is 0 Å². The number of hydrogen-bond acceptors (Lipinski definition) is 2. The van der Waals surface area contributed by atoms with Crippen LogP contribution in [-0.2, 0) is 0 Å². The SMILES string of the molecule is CC(C)c1ccccc1.O=C(O)c1ccccc1O. The van der Waals surface area contributed by atoms with E-state index in [-0.39, 0.29) is 11.3 Å². The maximum atomic E-state index is 10.3. The van der Waals surface area contributed by atoms with Crippen LogP contribution in [0.3, 0.4) is 0 Å². The minimum absolute atomic E-state index is 0.0671. The number of benzene rings is 2. The maximum Gasteiger partial charge on any atom is 0.339 e. The first kappa shape index (κ1) is 14.8. The average molecular weight is 258 g/mol. The van der Waals surface area contributed by atoms with Gasteiger partial charge in [-0.3, -0.25) is 0 Å². The second-order valence-corrected chi connectivity index (χ2v) is 4.39. The van der Waals surface area contributed by atoms with Crippen molar-refractivity contribution in [2.75, 3.05) is 0 Å². The Morgan fingerprint density at radius 3 is 1.84 bits per heavy atom. The molecule has 2 aromatic rings. The molecule has 0 amide bonds.